The topological polar surface area (TPSA) is 40.5 Å². The predicted octanol–water partition coefficient (Wildman–Crippen LogP) is 3.03. The van der Waals surface area contributed by atoms with Crippen molar-refractivity contribution in [2.75, 3.05) is 19.7 Å². The first kappa shape index (κ1) is 16.2. The quantitative estimate of drug-likeness (QED) is 0.847. The summed E-state index contributed by atoms with van der Waals surface area (Å²) in [7, 11) is 0. The second-order valence-corrected chi connectivity index (χ2v) is 6.31. The molecule has 1 aromatic carbocycles. The highest BCUT2D eigenvalue weighted by Crippen LogP contribution is 2.21. The lowest BCUT2D eigenvalue weighted by molar-refractivity contribution is 0.0798. The van der Waals surface area contributed by atoms with Crippen LogP contribution in [0.3, 0.4) is 0 Å². The molecule has 0 saturated carbocycles. The van der Waals surface area contributed by atoms with E-state index in [4.69, 9.17) is 0 Å². The number of rotatable bonds is 5. The number of hydrogen-bond donors (Lipinski definition) is 1. The Bertz CT molecular complexity index is 508. The molecule has 0 amide bonds. The molecule has 0 aromatic heterocycles. The van der Waals surface area contributed by atoms with E-state index in [1.165, 1.54) is 17.5 Å². The third kappa shape index (κ3) is 3.92. The lowest BCUT2D eigenvalue weighted by Gasteiger charge is -2.35. The predicted molar refractivity (Wildman–Crippen MR) is 85.9 cm³/mol. The minimum atomic E-state index is 0.206. The molecule has 3 nitrogen and oxygen atoms in total. The van der Waals surface area contributed by atoms with Gasteiger partial charge in [-0.3, -0.25) is 9.69 Å². The van der Waals surface area contributed by atoms with Gasteiger partial charge in [0.25, 0.3) is 0 Å². The number of aryl methyl sites for hydroxylation is 3. The van der Waals surface area contributed by atoms with E-state index in [1.54, 1.807) is 0 Å². The maximum atomic E-state index is 12.6. The maximum absolute atomic E-state index is 12.6. The van der Waals surface area contributed by atoms with Gasteiger partial charge >= 0.3 is 0 Å². The van der Waals surface area contributed by atoms with Gasteiger partial charge in [0, 0.05) is 18.2 Å². The Hall–Kier alpha value is -1.19. The van der Waals surface area contributed by atoms with E-state index in [0.717, 1.165) is 36.9 Å². The van der Waals surface area contributed by atoms with E-state index in [1.807, 2.05) is 13.0 Å². The van der Waals surface area contributed by atoms with Gasteiger partial charge in [-0.25, -0.2) is 0 Å². The summed E-state index contributed by atoms with van der Waals surface area (Å²) in [6.45, 7) is 7.81. The lowest BCUT2D eigenvalue weighted by atomic mass is 9.95. The Morgan fingerprint density at radius 1 is 1.19 bits per heavy atom. The first-order valence-electron chi connectivity index (χ1n) is 7.99. The summed E-state index contributed by atoms with van der Waals surface area (Å²) in [5, 5.41) is 9.19. The average molecular weight is 289 g/mol. The maximum Gasteiger partial charge on any atom is 0.177 e. The van der Waals surface area contributed by atoms with E-state index >= 15 is 0 Å². The largest absolute Gasteiger partial charge is 0.396 e. The summed E-state index contributed by atoms with van der Waals surface area (Å²) >= 11 is 0. The molecule has 0 aliphatic carbocycles. The molecule has 1 atom stereocenters. The third-order valence-electron chi connectivity index (χ3n) is 4.70. The normalized spacial score (nSPS) is 19.7. The van der Waals surface area contributed by atoms with Crippen LogP contribution in [0.1, 0.15) is 52.7 Å². The van der Waals surface area contributed by atoms with Gasteiger partial charge in [0.1, 0.15) is 0 Å². The van der Waals surface area contributed by atoms with E-state index < -0.39 is 0 Å². The van der Waals surface area contributed by atoms with Crippen LogP contribution in [0.25, 0.3) is 0 Å². The van der Waals surface area contributed by atoms with E-state index in [-0.39, 0.29) is 12.4 Å². The SMILES string of the molecule is Cc1cc(C)c(C(=O)CN2CCCCC2CCO)cc1C. The zero-order valence-electron chi connectivity index (χ0n) is 13.5. The molecule has 1 saturated heterocycles. The van der Waals surface area contributed by atoms with Crippen molar-refractivity contribution in [3.05, 3.63) is 34.4 Å². The number of likely N-dealkylation sites (tertiary alicyclic amines) is 1. The Labute approximate surface area is 128 Å². The molecule has 21 heavy (non-hydrogen) atoms. The van der Waals surface area contributed by atoms with E-state index in [0.29, 0.717) is 12.6 Å². The highest BCUT2D eigenvalue weighted by Gasteiger charge is 2.24. The van der Waals surface area contributed by atoms with Crippen LogP contribution < -0.4 is 0 Å². The van der Waals surface area contributed by atoms with Crippen molar-refractivity contribution in [3.63, 3.8) is 0 Å². The summed E-state index contributed by atoms with van der Waals surface area (Å²) < 4.78 is 0. The molecule has 2 rings (SSSR count). The first-order valence-corrected chi connectivity index (χ1v) is 7.99. The molecular weight excluding hydrogens is 262 g/mol. The third-order valence-corrected chi connectivity index (χ3v) is 4.70. The monoisotopic (exact) mass is 289 g/mol. The number of piperidine rings is 1. The molecule has 1 N–H and O–H groups in total. The number of aliphatic hydroxyl groups excluding tert-OH is 1. The summed E-state index contributed by atoms with van der Waals surface area (Å²) in [6.07, 6.45) is 4.23. The molecule has 1 fully saturated rings. The van der Waals surface area contributed by atoms with Gasteiger partial charge in [0.15, 0.2) is 5.78 Å². The summed E-state index contributed by atoms with van der Waals surface area (Å²) in [6, 6.07) is 4.49. The molecular formula is C18H27NO2. The summed E-state index contributed by atoms with van der Waals surface area (Å²) in [5.41, 5.74) is 4.33. The minimum absolute atomic E-state index is 0.206. The summed E-state index contributed by atoms with van der Waals surface area (Å²) in [5.74, 6) is 0.209. The number of hydrogen-bond acceptors (Lipinski definition) is 3. The zero-order valence-corrected chi connectivity index (χ0v) is 13.5. The standard InChI is InChI=1S/C18H27NO2/c1-13-10-15(3)17(11-14(13)2)18(21)12-19-8-5-4-6-16(19)7-9-20/h10-11,16,20H,4-9,12H2,1-3H3. The fourth-order valence-corrected chi connectivity index (χ4v) is 3.27. The molecule has 1 aromatic rings. The van der Waals surface area contributed by atoms with Gasteiger partial charge in [0.05, 0.1) is 6.54 Å². The van der Waals surface area contributed by atoms with Crippen LogP contribution in [0.5, 0.6) is 0 Å². The number of benzene rings is 1. The first-order chi connectivity index (χ1) is 10.0. The van der Waals surface area contributed by atoms with Crippen LogP contribution in [-0.2, 0) is 0 Å². The minimum Gasteiger partial charge on any atom is -0.396 e. The number of carbonyl (C=O) groups excluding carboxylic acids is 1. The Morgan fingerprint density at radius 3 is 2.62 bits per heavy atom. The van der Waals surface area contributed by atoms with Gasteiger partial charge in [-0.2, -0.15) is 0 Å². The van der Waals surface area contributed by atoms with Crippen LogP contribution >= 0.6 is 0 Å². The lowest BCUT2D eigenvalue weighted by Crippen LogP contribution is -2.43. The van der Waals surface area contributed by atoms with Crippen molar-refractivity contribution in [3.8, 4) is 0 Å². The van der Waals surface area contributed by atoms with Crippen LogP contribution in [0.15, 0.2) is 12.1 Å². The van der Waals surface area contributed by atoms with Gasteiger partial charge < -0.3 is 5.11 Å². The molecule has 116 valence electrons. The molecule has 3 heteroatoms. The molecule has 0 radical (unpaired) electrons. The molecule has 0 spiro atoms. The van der Waals surface area contributed by atoms with E-state index in [2.05, 4.69) is 24.8 Å². The van der Waals surface area contributed by atoms with Gasteiger partial charge in [0.2, 0.25) is 0 Å². The second-order valence-electron chi connectivity index (χ2n) is 6.31. The Kier molecular flexibility index (Phi) is 5.54. The molecule has 0 bridgehead atoms. The van der Waals surface area contributed by atoms with Crippen LogP contribution in [0, 0.1) is 20.8 Å². The fraction of sp³-hybridized carbons (Fsp3) is 0.611. The molecule has 1 unspecified atom stereocenters. The number of ketones is 1. The molecule has 1 heterocycles. The van der Waals surface area contributed by atoms with Crippen LogP contribution in [0.2, 0.25) is 0 Å². The average Bonchev–Trinajstić information content (AvgIpc) is 2.45. The number of carbonyl (C=O) groups is 1. The highest BCUT2D eigenvalue weighted by molar-refractivity contribution is 5.99. The zero-order chi connectivity index (χ0) is 15.4. The van der Waals surface area contributed by atoms with Crippen molar-refractivity contribution in [1.82, 2.24) is 4.90 Å². The Balaban J connectivity index is 2.11. The number of aliphatic hydroxyl groups is 1. The summed E-state index contributed by atoms with van der Waals surface area (Å²) in [4.78, 5) is 14.9. The molecule has 1 aliphatic rings. The second kappa shape index (κ2) is 7.19. The van der Waals surface area contributed by atoms with Gasteiger partial charge in [-0.1, -0.05) is 12.5 Å². The van der Waals surface area contributed by atoms with Crippen molar-refractivity contribution in [2.45, 2.75) is 52.5 Å². The number of nitrogens with zero attached hydrogens (tertiary/aromatic N) is 1. The van der Waals surface area contributed by atoms with Gasteiger partial charge in [-0.05, 0) is 69.3 Å². The van der Waals surface area contributed by atoms with Crippen LogP contribution in [-0.4, -0.2) is 41.5 Å². The van der Waals surface area contributed by atoms with Crippen molar-refractivity contribution >= 4 is 5.78 Å². The van der Waals surface area contributed by atoms with Crippen LogP contribution in [0.4, 0.5) is 0 Å². The Morgan fingerprint density at radius 2 is 1.90 bits per heavy atom. The number of Topliss-reactive ketones (excluding diaryl/α,β-unsaturated/α-hetero) is 1. The van der Waals surface area contributed by atoms with E-state index in [9.17, 15) is 9.90 Å². The fourth-order valence-electron chi connectivity index (χ4n) is 3.27. The molecule has 1 aliphatic heterocycles. The smallest absolute Gasteiger partial charge is 0.177 e. The van der Waals surface area contributed by atoms with Gasteiger partial charge in [-0.15, -0.1) is 0 Å². The van der Waals surface area contributed by atoms with Crippen molar-refractivity contribution < 1.29 is 9.90 Å². The van der Waals surface area contributed by atoms with Crippen molar-refractivity contribution in [1.29, 1.82) is 0 Å². The van der Waals surface area contributed by atoms with Crippen molar-refractivity contribution in [2.24, 2.45) is 0 Å². The highest BCUT2D eigenvalue weighted by atomic mass is 16.3.